The molecule has 1 heterocycles. The van der Waals surface area contributed by atoms with Gasteiger partial charge in [-0.3, -0.25) is 4.79 Å². The van der Waals surface area contributed by atoms with E-state index in [1.165, 1.54) is 11.8 Å². The minimum atomic E-state index is 0.0380. The lowest BCUT2D eigenvalue weighted by molar-refractivity contribution is 0.485. The first-order valence-corrected chi connectivity index (χ1v) is 6.64. The van der Waals surface area contributed by atoms with Gasteiger partial charge in [-0.25, -0.2) is 4.98 Å². The molecular weight excluding hydrogens is 222 g/mol. The van der Waals surface area contributed by atoms with E-state index in [1.807, 2.05) is 0 Å². The smallest absolute Gasteiger partial charge is 0.254 e. The van der Waals surface area contributed by atoms with Gasteiger partial charge >= 0.3 is 0 Å². The summed E-state index contributed by atoms with van der Waals surface area (Å²) in [5.74, 6) is 1.39. The van der Waals surface area contributed by atoms with E-state index < -0.39 is 0 Å². The van der Waals surface area contributed by atoms with Crippen LogP contribution in [0, 0.1) is 5.92 Å². The molecule has 1 aromatic rings. The van der Waals surface area contributed by atoms with Crippen LogP contribution in [0.2, 0.25) is 0 Å². The molecule has 88 valence electrons. The van der Waals surface area contributed by atoms with E-state index in [-0.39, 0.29) is 5.56 Å². The maximum atomic E-state index is 11.9. The average Bonchev–Trinajstić information content (AvgIpc) is 2.27. The lowest BCUT2D eigenvalue weighted by Gasteiger charge is -2.19. The fraction of sp³-hybridized carbons (Fsp3) is 0.636. The van der Waals surface area contributed by atoms with Gasteiger partial charge in [-0.05, 0) is 25.2 Å². The zero-order chi connectivity index (χ0) is 11.5. The van der Waals surface area contributed by atoms with Gasteiger partial charge in [0.2, 0.25) is 0 Å². The van der Waals surface area contributed by atoms with Crippen LogP contribution < -0.4 is 11.3 Å². The average molecular weight is 239 g/mol. The van der Waals surface area contributed by atoms with Crippen molar-refractivity contribution >= 4 is 11.8 Å². The van der Waals surface area contributed by atoms with E-state index in [9.17, 15) is 4.79 Å². The monoisotopic (exact) mass is 239 g/mol. The zero-order valence-corrected chi connectivity index (χ0v) is 10.3. The van der Waals surface area contributed by atoms with Gasteiger partial charge < -0.3 is 10.7 Å². The highest BCUT2D eigenvalue weighted by molar-refractivity contribution is 7.99. The van der Waals surface area contributed by atoms with Crippen LogP contribution in [0.25, 0.3) is 0 Å². The van der Waals surface area contributed by atoms with Gasteiger partial charge in [0, 0.05) is 17.9 Å². The molecule has 0 spiro atoms. The summed E-state index contributed by atoms with van der Waals surface area (Å²) in [4.78, 5) is 19.2. The highest BCUT2D eigenvalue weighted by Gasteiger charge is 2.19. The summed E-state index contributed by atoms with van der Waals surface area (Å²) >= 11 is 1.52. The van der Waals surface area contributed by atoms with Crippen LogP contribution in [-0.2, 0) is 12.8 Å². The number of nitrogens with one attached hydrogen (secondary N) is 1. The van der Waals surface area contributed by atoms with Crippen molar-refractivity contribution in [1.29, 1.82) is 0 Å². The predicted molar refractivity (Wildman–Crippen MR) is 65.8 cm³/mol. The maximum Gasteiger partial charge on any atom is 0.254 e. The Labute approximate surface area is 99.0 Å². The molecule has 2 rings (SSSR count). The summed E-state index contributed by atoms with van der Waals surface area (Å²) in [6, 6.07) is 0. The van der Waals surface area contributed by atoms with Crippen LogP contribution in [-0.4, -0.2) is 22.3 Å². The van der Waals surface area contributed by atoms with Crippen molar-refractivity contribution in [3.8, 4) is 0 Å². The number of thioether (sulfide) groups is 1. The fourth-order valence-electron chi connectivity index (χ4n) is 2.00. The number of aryl methyl sites for hydroxylation is 1. The SMILES string of the molecule is CC1CCc2nc(SCCN)[nH]c(=O)c2C1. The van der Waals surface area contributed by atoms with Gasteiger partial charge in [0.25, 0.3) is 5.56 Å². The van der Waals surface area contributed by atoms with E-state index >= 15 is 0 Å². The molecule has 1 atom stereocenters. The molecule has 0 fully saturated rings. The van der Waals surface area contributed by atoms with Gasteiger partial charge in [-0.15, -0.1) is 0 Å². The van der Waals surface area contributed by atoms with Crippen molar-refractivity contribution in [3.05, 3.63) is 21.6 Å². The van der Waals surface area contributed by atoms with E-state index in [0.29, 0.717) is 17.6 Å². The van der Waals surface area contributed by atoms with Crippen LogP contribution in [0.5, 0.6) is 0 Å². The van der Waals surface area contributed by atoms with Gasteiger partial charge in [0.15, 0.2) is 5.16 Å². The molecule has 1 aliphatic rings. The molecule has 0 radical (unpaired) electrons. The van der Waals surface area contributed by atoms with Gasteiger partial charge in [0.05, 0.1) is 5.69 Å². The first-order valence-electron chi connectivity index (χ1n) is 5.65. The highest BCUT2D eigenvalue weighted by atomic mass is 32.2. The molecule has 4 nitrogen and oxygen atoms in total. The van der Waals surface area contributed by atoms with Crippen molar-refractivity contribution in [2.45, 2.75) is 31.3 Å². The molecule has 1 aliphatic carbocycles. The van der Waals surface area contributed by atoms with E-state index in [2.05, 4.69) is 16.9 Å². The molecule has 16 heavy (non-hydrogen) atoms. The molecule has 0 aromatic carbocycles. The van der Waals surface area contributed by atoms with Crippen molar-refractivity contribution in [1.82, 2.24) is 9.97 Å². The Bertz CT molecular complexity index is 430. The van der Waals surface area contributed by atoms with Crippen molar-refractivity contribution in [2.24, 2.45) is 11.7 Å². The number of fused-ring (bicyclic) bond motifs is 1. The van der Waals surface area contributed by atoms with Crippen LogP contribution >= 0.6 is 11.8 Å². The Hall–Kier alpha value is -0.810. The molecule has 0 saturated heterocycles. The third-order valence-electron chi connectivity index (χ3n) is 2.86. The molecule has 5 heteroatoms. The molecule has 0 amide bonds. The Kier molecular flexibility index (Phi) is 3.66. The van der Waals surface area contributed by atoms with Gasteiger partial charge in [-0.1, -0.05) is 18.7 Å². The summed E-state index contributed by atoms with van der Waals surface area (Å²) in [5, 5.41) is 0.712. The molecular formula is C11H17N3OS. The Morgan fingerprint density at radius 3 is 3.19 bits per heavy atom. The lowest BCUT2D eigenvalue weighted by atomic mass is 9.89. The van der Waals surface area contributed by atoms with E-state index in [1.54, 1.807) is 0 Å². The quantitative estimate of drug-likeness (QED) is 0.608. The summed E-state index contributed by atoms with van der Waals surface area (Å²) in [7, 11) is 0. The number of rotatable bonds is 3. The first-order chi connectivity index (χ1) is 7.70. The lowest BCUT2D eigenvalue weighted by Crippen LogP contribution is -2.25. The number of aromatic amines is 1. The van der Waals surface area contributed by atoms with E-state index in [4.69, 9.17) is 5.73 Å². The number of H-pyrrole nitrogens is 1. The number of hydrogen-bond acceptors (Lipinski definition) is 4. The van der Waals surface area contributed by atoms with Crippen molar-refractivity contribution in [2.75, 3.05) is 12.3 Å². The number of aromatic nitrogens is 2. The third-order valence-corrected chi connectivity index (χ3v) is 3.77. The molecule has 0 saturated carbocycles. The molecule has 3 N–H and O–H groups in total. The first kappa shape index (κ1) is 11.7. The number of nitrogens with two attached hydrogens (primary N) is 1. The second-order valence-electron chi connectivity index (χ2n) is 4.28. The van der Waals surface area contributed by atoms with E-state index in [0.717, 1.165) is 36.3 Å². The number of hydrogen-bond donors (Lipinski definition) is 2. The second-order valence-corrected chi connectivity index (χ2v) is 5.37. The molecule has 1 aromatic heterocycles. The largest absolute Gasteiger partial charge is 0.330 e. The molecule has 0 aliphatic heterocycles. The minimum absolute atomic E-state index is 0.0380. The van der Waals surface area contributed by atoms with Crippen LogP contribution in [0.4, 0.5) is 0 Å². The van der Waals surface area contributed by atoms with Crippen molar-refractivity contribution < 1.29 is 0 Å². The van der Waals surface area contributed by atoms with Crippen molar-refractivity contribution in [3.63, 3.8) is 0 Å². The summed E-state index contributed by atoms with van der Waals surface area (Å²) in [5.41, 5.74) is 7.34. The minimum Gasteiger partial charge on any atom is -0.330 e. The Morgan fingerprint density at radius 2 is 2.44 bits per heavy atom. The third kappa shape index (κ3) is 2.47. The summed E-state index contributed by atoms with van der Waals surface area (Å²) < 4.78 is 0. The van der Waals surface area contributed by atoms with Gasteiger partial charge in [0.1, 0.15) is 0 Å². The summed E-state index contributed by atoms with van der Waals surface area (Å²) in [6.07, 6.45) is 2.92. The van der Waals surface area contributed by atoms with Crippen LogP contribution in [0.1, 0.15) is 24.6 Å². The Morgan fingerprint density at radius 1 is 1.62 bits per heavy atom. The Balaban J connectivity index is 2.28. The summed E-state index contributed by atoms with van der Waals surface area (Å²) in [6.45, 7) is 2.78. The van der Waals surface area contributed by atoms with Crippen LogP contribution in [0.3, 0.4) is 0 Å². The maximum absolute atomic E-state index is 11.9. The molecule has 1 unspecified atom stereocenters. The zero-order valence-electron chi connectivity index (χ0n) is 9.45. The normalized spacial score (nSPS) is 19.5. The van der Waals surface area contributed by atoms with Gasteiger partial charge in [-0.2, -0.15) is 0 Å². The predicted octanol–water partition coefficient (Wildman–Crippen LogP) is 0.946. The topological polar surface area (TPSA) is 71.8 Å². The second kappa shape index (κ2) is 5.01. The standard InChI is InChI=1S/C11H17N3OS/c1-7-2-3-9-8(6-7)10(15)14-11(13-9)16-5-4-12/h7H,2-6,12H2,1H3,(H,13,14,15). The highest BCUT2D eigenvalue weighted by Crippen LogP contribution is 2.22. The fourth-order valence-corrected chi connectivity index (χ4v) is 2.65. The van der Waals surface area contributed by atoms with Crippen LogP contribution in [0.15, 0.2) is 9.95 Å². The number of nitrogens with zero attached hydrogens (tertiary/aromatic N) is 1. The molecule has 0 bridgehead atoms.